The predicted molar refractivity (Wildman–Crippen MR) is 109 cm³/mol. The van der Waals surface area contributed by atoms with E-state index in [2.05, 4.69) is 38.0 Å². The van der Waals surface area contributed by atoms with Crippen molar-refractivity contribution in [1.82, 2.24) is 15.0 Å². The van der Waals surface area contributed by atoms with Gasteiger partial charge >= 0.3 is 0 Å². The lowest BCUT2D eigenvalue weighted by Gasteiger charge is -2.33. The molecule has 1 aromatic heterocycles. The lowest BCUT2D eigenvalue weighted by atomic mass is 9.70. The van der Waals surface area contributed by atoms with E-state index in [9.17, 15) is 9.59 Å². The molecule has 1 heterocycles. The van der Waals surface area contributed by atoms with E-state index in [1.807, 2.05) is 33.9 Å². The molecule has 0 radical (unpaired) electrons. The van der Waals surface area contributed by atoms with E-state index in [1.165, 1.54) is 6.92 Å². The molecule has 0 bridgehead atoms. The first-order valence-corrected chi connectivity index (χ1v) is 9.93. The molecule has 0 unspecified atom stereocenters. The Balaban J connectivity index is 0.00000326. The number of rotatable bonds is 11. The first-order chi connectivity index (χ1) is 12.4. The van der Waals surface area contributed by atoms with Crippen LogP contribution in [0.2, 0.25) is 0 Å². The molecule has 6 heteroatoms. The molecule has 1 rings (SSSR count). The van der Waals surface area contributed by atoms with Gasteiger partial charge in [-0.05, 0) is 18.8 Å². The van der Waals surface area contributed by atoms with Crippen molar-refractivity contribution in [1.29, 1.82) is 0 Å². The first kappa shape index (κ1) is 25.4. The van der Waals surface area contributed by atoms with Crippen molar-refractivity contribution < 1.29 is 14.3 Å². The second kappa shape index (κ2) is 11.3. The molecular formula is C21H39N3O3. The van der Waals surface area contributed by atoms with E-state index in [-0.39, 0.29) is 29.1 Å². The topological polar surface area (TPSA) is 74.1 Å². The second-order valence-electron chi connectivity index (χ2n) is 8.64. The van der Waals surface area contributed by atoms with Gasteiger partial charge in [0.25, 0.3) is 0 Å². The first-order valence-electron chi connectivity index (χ1n) is 9.93. The average Bonchev–Trinajstić information content (AvgIpc) is 3.01. The number of hydrogen-bond acceptors (Lipinski definition) is 5. The Kier molecular flexibility index (Phi) is 10.7. The van der Waals surface area contributed by atoms with Gasteiger partial charge in [-0.15, -0.1) is 5.10 Å². The van der Waals surface area contributed by atoms with Crippen LogP contribution < -0.4 is 0 Å². The Morgan fingerprint density at radius 3 is 2.30 bits per heavy atom. The van der Waals surface area contributed by atoms with Gasteiger partial charge in [-0.3, -0.25) is 9.59 Å². The zero-order chi connectivity index (χ0) is 21.3. The van der Waals surface area contributed by atoms with Crippen molar-refractivity contribution in [2.24, 2.45) is 11.3 Å². The van der Waals surface area contributed by atoms with Gasteiger partial charge in [0.15, 0.2) is 5.78 Å². The van der Waals surface area contributed by atoms with Crippen molar-refractivity contribution in [3.8, 4) is 0 Å². The minimum absolute atomic E-state index is 0.0126. The fraction of sp³-hybridized carbons (Fsp3) is 0.810. The predicted octanol–water partition coefficient (Wildman–Crippen LogP) is 4.22. The molecule has 0 N–H and O–H groups in total. The fourth-order valence-corrected chi connectivity index (χ4v) is 3.12. The number of ketones is 2. The molecule has 0 atom stereocenters. The standard InChI is InChI=1S/C19H33N3O3.C2H6/c1-14(2)16(24)10-18(4,5)13-19(6,7)17-11-22(21-20-17)8-9-25-12-15(3)23;1-2/h11,14H,8-10,12-13H2,1-7H3;1-2H3. The van der Waals surface area contributed by atoms with Crippen LogP contribution in [0.4, 0.5) is 0 Å². The summed E-state index contributed by atoms with van der Waals surface area (Å²) in [7, 11) is 0. The number of Topliss-reactive ketones (excluding diaryl/α,β-unsaturated/α-hetero) is 2. The Morgan fingerprint density at radius 1 is 1.19 bits per heavy atom. The SMILES string of the molecule is CC.CC(=O)COCCn1cc(C(C)(C)CC(C)(C)CC(=O)C(C)C)nn1. The van der Waals surface area contributed by atoms with Crippen LogP contribution in [0.25, 0.3) is 0 Å². The average molecular weight is 382 g/mol. The number of carbonyl (C=O) groups excluding carboxylic acids is 2. The monoisotopic (exact) mass is 381 g/mol. The molecule has 1 aromatic rings. The number of hydrogen-bond donors (Lipinski definition) is 0. The summed E-state index contributed by atoms with van der Waals surface area (Å²) in [5.41, 5.74) is 0.627. The van der Waals surface area contributed by atoms with Crippen LogP contribution >= 0.6 is 0 Å². The zero-order valence-electron chi connectivity index (χ0n) is 18.8. The minimum Gasteiger partial charge on any atom is -0.372 e. The third kappa shape index (κ3) is 9.80. The van der Waals surface area contributed by atoms with E-state index >= 15 is 0 Å². The van der Waals surface area contributed by atoms with Crippen LogP contribution in [0.15, 0.2) is 6.20 Å². The van der Waals surface area contributed by atoms with Crippen LogP contribution in [0.1, 0.15) is 80.8 Å². The van der Waals surface area contributed by atoms with Gasteiger partial charge in [0.05, 0.1) is 18.8 Å². The molecular weight excluding hydrogens is 342 g/mol. The van der Waals surface area contributed by atoms with Gasteiger partial charge in [0.2, 0.25) is 0 Å². The van der Waals surface area contributed by atoms with Gasteiger partial charge in [-0.25, -0.2) is 4.68 Å². The molecule has 156 valence electrons. The third-order valence-electron chi connectivity index (χ3n) is 4.22. The molecule has 0 amide bonds. The molecule has 0 spiro atoms. The molecule has 0 saturated carbocycles. The van der Waals surface area contributed by atoms with Crippen LogP contribution in [-0.4, -0.2) is 39.8 Å². The molecule has 0 aromatic carbocycles. The van der Waals surface area contributed by atoms with Crippen LogP contribution in [0.3, 0.4) is 0 Å². The lowest BCUT2D eigenvalue weighted by molar-refractivity contribution is -0.124. The van der Waals surface area contributed by atoms with E-state index in [0.717, 1.165) is 12.1 Å². The van der Waals surface area contributed by atoms with E-state index in [1.54, 1.807) is 4.68 Å². The molecule has 0 saturated heterocycles. The Bertz CT molecular complexity index is 589. The third-order valence-corrected chi connectivity index (χ3v) is 4.22. The van der Waals surface area contributed by atoms with Gasteiger partial charge < -0.3 is 4.74 Å². The second-order valence-corrected chi connectivity index (χ2v) is 8.64. The van der Waals surface area contributed by atoms with Gasteiger partial charge in [-0.2, -0.15) is 0 Å². The molecule has 27 heavy (non-hydrogen) atoms. The van der Waals surface area contributed by atoms with Gasteiger partial charge in [0, 0.05) is 24.0 Å². The van der Waals surface area contributed by atoms with Crippen molar-refractivity contribution in [3.63, 3.8) is 0 Å². The van der Waals surface area contributed by atoms with Crippen molar-refractivity contribution in [2.45, 2.75) is 87.1 Å². The lowest BCUT2D eigenvalue weighted by Crippen LogP contribution is -2.30. The molecule has 0 aliphatic heterocycles. The summed E-state index contributed by atoms with van der Waals surface area (Å²) >= 11 is 0. The molecule has 0 fully saturated rings. The highest BCUT2D eigenvalue weighted by Gasteiger charge is 2.34. The van der Waals surface area contributed by atoms with Crippen LogP contribution in [0, 0.1) is 11.3 Å². The van der Waals surface area contributed by atoms with Crippen LogP contribution in [-0.2, 0) is 26.3 Å². The summed E-state index contributed by atoms with van der Waals surface area (Å²) in [6.45, 7) is 19.1. The number of nitrogens with zero attached hydrogens (tertiary/aromatic N) is 3. The van der Waals surface area contributed by atoms with Gasteiger partial charge in [0.1, 0.15) is 12.4 Å². The van der Waals surface area contributed by atoms with Crippen LogP contribution in [0.5, 0.6) is 0 Å². The van der Waals surface area contributed by atoms with Crippen molar-refractivity contribution in [3.05, 3.63) is 11.9 Å². The number of ether oxygens (including phenoxy) is 1. The molecule has 0 aliphatic rings. The quantitative estimate of drug-likeness (QED) is 0.537. The van der Waals surface area contributed by atoms with E-state index < -0.39 is 0 Å². The Labute approximate surface area is 165 Å². The van der Waals surface area contributed by atoms with Crippen molar-refractivity contribution >= 4 is 11.6 Å². The smallest absolute Gasteiger partial charge is 0.155 e. The highest BCUT2D eigenvalue weighted by molar-refractivity contribution is 5.80. The minimum atomic E-state index is -0.181. The van der Waals surface area contributed by atoms with Gasteiger partial charge in [-0.1, -0.05) is 60.6 Å². The summed E-state index contributed by atoms with van der Waals surface area (Å²) in [6, 6.07) is 0. The Morgan fingerprint density at radius 2 is 1.78 bits per heavy atom. The number of carbonyl (C=O) groups is 2. The molecule has 0 aliphatic carbocycles. The summed E-state index contributed by atoms with van der Waals surface area (Å²) in [4.78, 5) is 23.0. The number of aromatic nitrogens is 3. The highest BCUT2D eigenvalue weighted by atomic mass is 16.5. The fourth-order valence-electron chi connectivity index (χ4n) is 3.12. The summed E-state index contributed by atoms with van der Waals surface area (Å²) in [6.07, 6.45) is 3.34. The highest BCUT2D eigenvalue weighted by Crippen LogP contribution is 2.38. The summed E-state index contributed by atoms with van der Waals surface area (Å²) in [5, 5.41) is 8.46. The van der Waals surface area contributed by atoms with Crippen molar-refractivity contribution in [2.75, 3.05) is 13.2 Å². The Hall–Kier alpha value is -1.56. The maximum absolute atomic E-state index is 12.1. The zero-order valence-corrected chi connectivity index (χ0v) is 18.8. The molecule has 6 nitrogen and oxygen atoms in total. The maximum atomic E-state index is 12.1. The maximum Gasteiger partial charge on any atom is 0.155 e. The summed E-state index contributed by atoms with van der Waals surface area (Å²) < 4.78 is 7.00. The summed E-state index contributed by atoms with van der Waals surface area (Å²) in [5.74, 6) is 0.379. The normalized spacial score (nSPS) is 11.9. The largest absolute Gasteiger partial charge is 0.372 e. The van der Waals surface area contributed by atoms with E-state index in [0.29, 0.717) is 25.4 Å². The van der Waals surface area contributed by atoms with E-state index in [4.69, 9.17) is 4.74 Å².